The highest BCUT2D eigenvalue weighted by Crippen LogP contribution is 2.39. The Morgan fingerprint density at radius 2 is 1.03 bits per heavy atom. The summed E-state index contributed by atoms with van der Waals surface area (Å²) in [5.74, 6) is 2.63. The molecule has 184 valence electrons. The molecule has 0 aliphatic heterocycles. The Morgan fingerprint density at radius 1 is 0.625 bits per heavy atom. The molecule has 0 radical (unpaired) electrons. The highest BCUT2D eigenvalue weighted by Gasteiger charge is 2.02. The summed E-state index contributed by atoms with van der Waals surface area (Å²) in [5, 5.41) is 8.91. The highest BCUT2D eigenvalue weighted by atomic mass is 32.1. The molecule has 0 saturated heterocycles. The topological polar surface area (TPSA) is 20.2 Å². The Morgan fingerprint density at radius 3 is 1.50 bits per heavy atom. The third-order valence-electron chi connectivity index (χ3n) is 5.84. The molecule has 0 spiro atoms. The van der Waals surface area contributed by atoms with E-state index in [9.17, 15) is 0 Å². The molecule has 0 aromatic carbocycles. The molecule has 0 unspecified atom stereocenters. The van der Waals surface area contributed by atoms with Crippen molar-refractivity contribution in [2.45, 2.75) is 92.4 Å². The summed E-state index contributed by atoms with van der Waals surface area (Å²) in [6.45, 7) is 15.1. The molecule has 32 heavy (non-hydrogen) atoms. The molecule has 0 fully saturated rings. The van der Waals surface area contributed by atoms with Crippen LogP contribution in [0.15, 0.2) is 57.6 Å². The summed E-state index contributed by atoms with van der Waals surface area (Å²) in [4.78, 5) is 1.12. The molecule has 0 heterocycles. The van der Waals surface area contributed by atoms with E-state index < -0.39 is 6.89 Å². The summed E-state index contributed by atoms with van der Waals surface area (Å²) in [6, 6.07) is 0. The maximum Gasteiger partial charge on any atom is 0.0614 e. The molecule has 0 aliphatic rings. The number of hydrogen-bond donors (Lipinski definition) is 2. The predicted octanol–water partition coefficient (Wildman–Crippen LogP) is 9.19. The molecule has 0 saturated carbocycles. The largest absolute Gasteiger partial charge is 0.392 e. The zero-order chi connectivity index (χ0) is 24.4. The minimum absolute atomic E-state index is 0.153. The lowest BCUT2D eigenvalue weighted by Crippen LogP contribution is -1.91. The lowest BCUT2D eigenvalue weighted by molar-refractivity contribution is 0.341. The van der Waals surface area contributed by atoms with Gasteiger partial charge in [-0.15, -0.1) is 19.5 Å². The summed E-state index contributed by atoms with van der Waals surface area (Å²) < 4.78 is 0. The van der Waals surface area contributed by atoms with Gasteiger partial charge in [-0.2, -0.15) is 0 Å². The number of aliphatic hydroxyl groups is 1. The van der Waals surface area contributed by atoms with Gasteiger partial charge in [-0.05, 0) is 117 Å². The van der Waals surface area contributed by atoms with Crippen LogP contribution >= 0.6 is 19.5 Å². The lowest BCUT2D eigenvalue weighted by Gasteiger charge is -2.15. The third-order valence-corrected chi connectivity index (χ3v) is 8.68. The van der Waals surface area contributed by atoms with E-state index >= 15 is 0 Å². The fraction of sp³-hybridized carbons (Fsp3) is 0.621. The molecular weight excluding hydrogens is 427 g/mol. The van der Waals surface area contributed by atoms with E-state index in [2.05, 4.69) is 83.8 Å². The van der Waals surface area contributed by atoms with Crippen molar-refractivity contribution in [1.29, 1.82) is 0 Å². The van der Waals surface area contributed by atoms with Gasteiger partial charge in [-0.3, -0.25) is 0 Å². The smallest absolute Gasteiger partial charge is 0.0614 e. The fourth-order valence-electron chi connectivity index (χ4n) is 3.54. The van der Waals surface area contributed by atoms with Gasteiger partial charge in [0.2, 0.25) is 0 Å². The molecule has 1 N–H and O–H groups in total. The molecule has 3 heteroatoms. The number of thiol groups is 1. The molecule has 0 rings (SSSR count). The van der Waals surface area contributed by atoms with Crippen molar-refractivity contribution in [2.24, 2.45) is 0 Å². The zero-order valence-corrected chi connectivity index (χ0v) is 23.9. The first-order chi connectivity index (χ1) is 15.1. The molecule has 0 bridgehead atoms. The molecule has 0 atom stereocenters. The van der Waals surface area contributed by atoms with Gasteiger partial charge in [0.05, 0.1) is 6.61 Å². The van der Waals surface area contributed by atoms with Crippen molar-refractivity contribution in [3.05, 3.63) is 57.6 Å². The number of rotatable bonds is 16. The van der Waals surface area contributed by atoms with Gasteiger partial charge in [-0.25, -0.2) is 0 Å². The predicted molar refractivity (Wildman–Crippen MR) is 156 cm³/mol. The normalized spacial score (nSPS) is 14.8. The van der Waals surface area contributed by atoms with Crippen molar-refractivity contribution in [3.63, 3.8) is 0 Å². The molecule has 0 aromatic heterocycles. The van der Waals surface area contributed by atoms with Crippen LogP contribution < -0.4 is 0 Å². The second kappa shape index (κ2) is 18.7. The zero-order valence-electron chi connectivity index (χ0n) is 22.1. The lowest BCUT2D eigenvalue weighted by atomic mass is 10.1. The van der Waals surface area contributed by atoms with E-state index in [4.69, 9.17) is 5.11 Å². The van der Waals surface area contributed by atoms with Crippen LogP contribution in [0.1, 0.15) is 92.4 Å². The molecule has 0 aromatic rings. The van der Waals surface area contributed by atoms with Crippen LogP contribution in [0.3, 0.4) is 0 Å². The third kappa shape index (κ3) is 20.0. The maximum atomic E-state index is 8.91. The Labute approximate surface area is 206 Å². The van der Waals surface area contributed by atoms with Crippen molar-refractivity contribution < 1.29 is 5.11 Å². The second-order valence-corrected chi connectivity index (χ2v) is 14.9. The summed E-state index contributed by atoms with van der Waals surface area (Å²) in [5.41, 5.74) is 5.79. The number of allylic oxidation sites excluding steroid dienone is 9. The minimum Gasteiger partial charge on any atom is -0.392 e. The molecular formula is C29H51OPS. The summed E-state index contributed by atoms with van der Waals surface area (Å²) in [7, 11) is 0. The van der Waals surface area contributed by atoms with Crippen LogP contribution in [0.2, 0.25) is 0 Å². The summed E-state index contributed by atoms with van der Waals surface area (Å²) in [6.07, 6.45) is 23.0. The fourth-order valence-corrected chi connectivity index (χ4v) is 5.48. The van der Waals surface area contributed by atoms with Crippen LogP contribution in [0.25, 0.3) is 0 Å². The highest BCUT2D eigenvalue weighted by molar-refractivity contribution is 7.84. The quantitative estimate of drug-likeness (QED) is 0.129. The SMILES string of the molecule is C/C(S)=C/CC/C(C)=C\CCP(C)(C)=CCC/C(C)=C\CC/C(C)=C\CC/C(C)=C\CO. The Bertz CT molecular complexity index is 724. The van der Waals surface area contributed by atoms with Gasteiger partial charge >= 0.3 is 0 Å². The molecule has 1 nitrogen and oxygen atoms in total. The van der Waals surface area contributed by atoms with E-state index in [1.54, 1.807) is 0 Å². The van der Waals surface area contributed by atoms with Gasteiger partial charge in [0.1, 0.15) is 0 Å². The van der Waals surface area contributed by atoms with Gasteiger partial charge in [0, 0.05) is 0 Å². The minimum atomic E-state index is -0.914. The standard InChI is InChI=1S/C29H51OPS/c1-25(14-9-16-28(4)21-22-30)13-8-15-26(2)18-11-23-31(6,7)24-12-19-27(3)17-10-20-29(5)32/h14-15,19-21,23,30,32H,8-13,16-18,22,24H2,1-7H3/b25-14-,26-15-,27-19-,28-21-,29-20-. The first-order valence-electron chi connectivity index (χ1n) is 12.3. The van der Waals surface area contributed by atoms with Crippen LogP contribution in [0.4, 0.5) is 0 Å². The monoisotopic (exact) mass is 478 g/mol. The van der Waals surface area contributed by atoms with E-state index in [-0.39, 0.29) is 6.61 Å². The summed E-state index contributed by atoms with van der Waals surface area (Å²) >= 11 is 4.33. The van der Waals surface area contributed by atoms with Crippen molar-refractivity contribution in [2.75, 3.05) is 26.1 Å². The van der Waals surface area contributed by atoms with Crippen LogP contribution in [0, 0.1) is 0 Å². The maximum absolute atomic E-state index is 8.91. The average molecular weight is 479 g/mol. The van der Waals surface area contributed by atoms with E-state index in [0.717, 1.165) is 43.4 Å². The van der Waals surface area contributed by atoms with Gasteiger partial charge in [0.15, 0.2) is 0 Å². The van der Waals surface area contributed by atoms with Crippen LogP contribution in [-0.2, 0) is 0 Å². The van der Waals surface area contributed by atoms with Gasteiger partial charge < -0.3 is 5.11 Å². The van der Waals surface area contributed by atoms with E-state index in [0.29, 0.717) is 0 Å². The van der Waals surface area contributed by atoms with E-state index in [1.165, 1.54) is 47.7 Å². The Kier molecular flexibility index (Phi) is 18.3. The van der Waals surface area contributed by atoms with Crippen molar-refractivity contribution in [3.8, 4) is 0 Å². The first-order valence-corrected chi connectivity index (χ1v) is 15.7. The van der Waals surface area contributed by atoms with Crippen LogP contribution in [0.5, 0.6) is 0 Å². The number of hydrogen-bond acceptors (Lipinski definition) is 2. The first kappa shape index (κ1) is 31.3. The van der Waals surface area contributed by atoms with Gasteiger partial charge in [-0.1, -0.05) is 58.5 Å². The Balaban J connectivity index is 4.28. The van der Waals surface area contributed by atoms with E-state index in [1.807, 2.05) is 13.0 Å². The van der Waals surface area contributed by atoms with Crippen molar-refractivity contribution in [1.82, 2.24) is 0 Å². The number of aliphatic hydroxyl groups excluding tert-OH is 1. The van der Waals surface area contributed by atoms with Crippen molar-refractivity contribution >= 4 is 25.3 Å². The van der Waals surface area contributed by atoms with Gasteiger partial charge in [0.25, 0.3) is 0 Å². The molecule has 0 aliphatic carbocycles. The molecule has 0 amide bonds. The second-order valence-electron chi connectivity index (χ2n) is 9.86. The Hall–Kier alpha value is -0.690. The van der Waals surface area contributed by atoms with Crippen LogP contribution in [-0.4, -0.2) is 37.0 Å². The average Bonchev–Trinajstić information content (AvgIpc) is 2.67.